The third kappa shape index (κ3) is 3.01. The van der Waals surface area contributed by atoms with Gasteiger partial charge in [0.05, 0.1) is 17.0 Å². The molecule has 4 aromatic rings. The Labute approximate surface area is 153 Å². The summed E-state index contributed by atoms with van der Waals surface area (Å²) in [6, 6.07) is 15.7. The molecule has 0 saturated carbocycles. The lowest BCUT2D eigenvalue weighted by molar-refractivity contribution is 0.297. The lowest BCUT2D eigenvalue weighted by Gasteiger charge is -2.09. The molecule has 0 unspecified atom stereocenters. The number of halogens is 1. The Hall–Kier alpha value is -3.30. The number of thiophene rings is 1. The van der Waals surface area contributed by atoms with Crippen LogP contribution in [0, 0.1) is 17.1 Å². The molecule has 4 rings (SSSR count). The minimum absolute atomic E-state index is 0.231. The monoisotopic (exact) mass is 361 g/mol. The molecule has 0 bridgehead atoms. The third-order valence-corrected chi connectivity index (χ3v) is 4.88. The molecule has 0 aliphatic carbocycles. The van der Waals surface area contributed by atoms with Gasteiger partial charge in [0, 0.05) is 16.5 Å². The van der Waals surface area contributed by atoms with E-state index in [-0.39, 0.29) is 12.4 Å². The molecule has 2 heterocycles. The van der Waals surface area contributed by atoms with E-state index in [1.807, 2.05) is 23.6 Å². The fourth-order valence-corrected chi connectivity index (χ4v) is 3.61. The SMILES string of the molecule is N#Cc1ccccc1COc1ncnc2scc(-c3ccc(F)cc3)c12. The van der Waals surface area contributed by atoms with Crippen LogP contribution in [-0.2, 0) is 6.61 Å². The summed E-state index contributed by atoms with van der Waals surface area (Å²) in [5.41, 5.74) is 3.13. The molecule has 0 aliphatic rings. The summed E-state index contributed by atoms with van der Waals surface area (Å²) in [6.45, 7) is 0.231. The van der Waals surface area contributed by atoms with Crippen LogP contribution in [0.3, 0.4) is 0 Å². The lowest BCUT2D eigenvalue weighted by atomic mass is 10.1. The molecule has 0 atom stereocenters. The second-order valence-corrected chi connectivity index (χ2v) is 6.43. The van der Waals surface area contributed by atoms with Crippen LogP contribution in [0.25, 0.3) is 21.3 Å². The molecule has 0 aliphatic heterocycles. The first-order chi connectivity index (χ1) is 12.8. The predicted octanol–water partition coefficient (Wildman–Crippen LogP) is 4.95. The second kappa shape index (κ2) is 6.90. The smallest absolute Gasteiger partial charge is 0.226 e. The molecule has 0 radical (unpaired) electrons. The van der Waals surface area contributed by atoms with E-state index in [0.717, 1.165) is 26.9 Å². The van der Waals surface area contributed by atoms with Crippen molar-refractivity contribution in [3.63, 3.8) is 0 Å². The molecule has 0 amide bonds. The highest BCUT2D eigenvalue weighted by Crippen LogP contribution is 2.37. The van der Waals surface area contributed by atoms with Crippen LogP contribution >= 0.6 is 11.3 Å². The summed E-state index contributed by atoms with van der Waals surface area (Å²) in [5, 5.41) is 12.0. The summed E-state index contributed by atoms with van der Waals surface area (Å²) in [7, 11) is 0. The van der Waals surface area contributed by atoms with E-state index in [0.29, 0.717) is 11.4 Å². The van der Waals surface area contributed by atoms with Gasteiger partial charge in [-0.3, -0.25) is 0 Å². The maximum absolute atomic E-state index is 13.2. The Kier molecular flexibility index (Phi) is 4.30. The summed E-state index contributed by atoms with van der Waals surface area (Å²) in [5.74, 6) is 0.164. The average Bonchev–Trinajstić information content (AvgIpc) is 3.12. The summed E-state index contributed by atoms with van der Waals surface area (Å²) < 4.78 is 19.2. The van der Waals surface area contributed by atoms with Gasteiger partial charge in [-0.15, -0.1) is 11.3 Å². The van der Waals surface area contributed by atoms with Gasteiger partial charge in [-0.1, -0.05) is 30.3 Å². The van der Waals surface area contributed by atoms with E-state index in [1.54, 1.807) is 18.2 Å². The minimum atomic E-state index is -0.283. The van der Waals surface area contributed by atoms with Crippen molar-refractivity contribution < 1.29 is 9.13 Å². The summed E-state index contributed by atoms with van der Waals surface area (Å²) in [6.07, 6.45) is 1.46. The van der Waals surface area contributed by atoms with E-state index in [2.05, 4.69) is 16.0 Å². The molecule has 2 aromatic heterocycles. The Morgan fingerprint density at radius 3 is 2.69 bits per heavy atom. The number of nitriles is 1. The highest BCUT2D eigenvalue weighted by molar-refractivity contribution is 7.17. The van der Waals surface area contributed by atoms with E-state index >= 15 is 0 Å². The lowest BCUT2D eigenvalue weighted by Crippen LogP contribution is -2.00. The van der Waals surface area contributed by atoms with E-state index in [1.165, 1.54) is 29.8 Å². The zero-order valence-corrected chi connectivity index (χ0v) is 14.3. The van der Waals surface area contributed by atoms with Gasteiger partial charge in [0.25, 0.3) is 0 Å². The van der Waals surface area contributed by atoms with Crippen molar-refractivity contribution in [1.29, 1.82) is 5.26 Å². The first-order valence-electron chi connectivity index (χ1n) is 7.85. The first-order valence-corrected chi connectivity index (χ1v) is 8.73. The topological polar surface area (TPSA) is 58.8 Å². The third-order valence-electron chi connectivity index (χ3n) is 3.99. The number of hydrogen-bond donors (Lipinski definition) is 0. The van der Waals surface area contributed by atoms with Gasteiger partial charge in [-0.05, 0) is 23.8 Å². The number of fused-ring (bicyclic) bond motifs is 1. The van der Waals surface area contributed by atoms with Gasteiger partial charge < -0.3 is 4.74 Å². The molecule has 2 aromatic carbocycles. The predicted molar refractivity (Wildman–Crippen MR) is 98.3 cm³/mol. The van der Waals surface area contributed by atoms with E-state index in [4.69, 9.17) is 4.74 Å². The Morgan fingerprint density at radius 2 is 1.88 bits per heavy atom. The zero-order valence-electron chi connectivity index (χ0n) is 13.5. The number of hydrogen-bond acceptors (Lipinski definition) is 5. The van der Waals surface area contributed by atoms with Crippen molar-refractivity contribution >= 4 is 21.6 Å². The van der Waals surface area contributed by atoms with Crippen LogP contribution in [0.15, 0.2) is 60.2 Å². The van der Waals surface area contributed by atoms with Crippen molar-refractivity contribution in [3.05, 3.63) is 77.2 Å². The maximum atomic E-state index is 13.2. The molecular weight excluding hydrogens is 349 g/mol. The number of ether oxygens (including phenoxy) is 1. The van der Waals surface area contributed by atoms with Crippen LogP contribution < -0.4 is 4.74 Å². The van der Waals surface area contributed by atoms with E-state index < -0.39 is 0 Å². The van der Waals surface area contributed by atoms with Crippen LogP contribution in [0.4, 0.5) is 4.39 Å². The average molecular weight is 361 g/mol. The zero-order chi connectivity index (χ0) is 17.9. The Bertz CT molecular complexity index is 1120. The Morgan fingerprint density at radius 1 is 1.08 bits per heavy atom. The van der Waals surface area contributed by atoms with Gasteiger partial charge >= 0.3 is 0 Å². The molecule has 0 spiro atoms. The van der Waals surface area contributed by atoms with Gasteiger partial charge in [0.1, 0.15) is 23.6 Å². The van der Waals surface area contributed by atoms with Crippen LogP contribution in [0.1, 0.15) is 11.1 Å². The van der Waals surface area contributed by atoms with E-state index in [9.17, 15) is 9.65 Å². The first kappa shape index (κ1) is 16.2. The van der Waals surface area contributed by atoms with Crippen LogP contribution in [0.2, 0.25) is 0 Å². The van der Waals surface area contributed by atoms with Crippen molar-refractivity contribution in [3.8, 4) is 23.1 Å². The molecule has 0 N–H and O–H groups in total. The minimum Gasteiger partial charge on any atom is -0.472 e. The Balaban J connectivity index is 1.73. The number of nitrogens with zero attached hydrogens (tertiary/aromatic N) is 3. The summed E-state index contributed by atoms with van der Waals surface area (Å²) >= 11 is 1.48. The molecule has 126 valence electrons. The highest BCUT2D eigenvalue weighted by atomic mass is 32.1. The normalized spacial score (nSPS) is 10.6. The van der Waals surface area contributed by atoms with Crippen molar-refractivity contribution in [1.82, 2.24) is 9.97 Å². The van der Waals surface area contributed by atoms with Gasteiger partial charge in [0.2, 0.25) is 5.88 Å². The molecule has 0 saturated heterocycles. The fraction of sp³-hybridized carbons (Fsp3) is 0.0500. The van der Waals surface area contributed by atoms with Crippen molar-refractivity contribution in [2.45, 2.75) is 6.61 Å². The quantitative estimate of drug-likeness (QED) is 0.516. The largest absolute Gasteiger partial charge is 0.472 e. The number of benzene rings is 2. The molecule has 26 heavy (non-hydrogen) atoms. The van der Waals surface area contributed by atoms with Crippen LogP contribution in [-0.4, -0.2) is 9.97 Å². The summed E-state index contributed by atoms with van der Waals surface area (Å²) in [4.78, 5) is 9.36. The standard InChI is InChI=1S/C20H12FN3OS/c21-16-7-5-13(6-8-16)17-11-26-20-18(17)19(23-12-24-20)25-10-15-4-2-1-3-14(15)9-22/h1-8,11-12H,10H2. The molecular formula is C20H12FN3OS. The van der Waals surface area contributed by atoms with Crippen LogP contribution in [0.5, 0.6) is 5.88 Å². The van der Waals surface area contributed by atoms with Gasteiger partial charge in [0.15, 0.2) is 0 Å². The van der Waals surface area contributed by atoms with Gasteiger partial charge in [-0.25, -0.2) is 14.4 Å². The molecule has 4 nitrogen and oxygen atoms in total. The highest BCUT2D eigenvalue weighted by Gasteiger charge is 2.15. The molecule has 6 heteroatoms. The second-order valence-electron chi connectivity index (χ2n) is 5.57. The fourth-order valence-electron chi connectivity index (χ4n) is 2.70. The molecule has 0 fully saturated rings. The number of rotatable bonds is 4. The maximum Gasteiger partial charge on any atom is 0.226 e. The number of aromatic nitrogens is 2. The van der Waals surface area contributed by atoms with Crippen molar-refractivity contribution in [2.75, 3.05) is 0 Å². The van der Waals surface area contributed by atoms with Crippen molar-refractivity contribution in [2.24, 2.45) is 0 Å². The van der Waals surface area contributed by atoms with Gasteiger partial charge in [-0.2, -0.15) is 5.26 Å².